The molecule has 2 rings (SSSR count). The molecule has 2 heterocycles. The van der Waals surface area contributed by atoms with Crippen LogP contribution in [0, 0.1) is 0 Å². The summed E-state index contributed by atoms with van der Waals surface area (Å²) in [4.78, 5) is 4.29. The predicted octanol–water partition coefficient (Wildman–Crippen LogP) is 2.76. The molecule has 0 radical (unpaired) electrons. The number of pyridine rings is 1. The second-order valence-corrected chi connectivity index (χ2v) is 4.61. The van der Waals surface area contributed by atoms with Crippen LogP contribution < -0.4 is 0 Å². The molecule has 1 atom stereocenters. The Hall–Kier alpha value is -0.970. The minimum Gasteiger partial charge on any atom is -0.386 e. The molecule has 86 valence electrons. The predicted molar refractivity (Wildman–Crippen MR) is 65.7 cm³/mol. The van der Waals surface area contributed by atoms with Gasteiger partial charge in [0.1, 0.15) is 6.10 Å². The lowest BCUT2D eigenvalue weighted by molar-refractivity contribution is 0.0363. The van der Waals surface area contributed by atoms with Gasteiger partial charge in [0.25, 0.3) is 0 Å². The lowest BCUT2D eigenvalue weighted by atomic mass is 10.2. The van der Waals surface area contributed by atoms with Crippen molar-refractivity contribution in [3.8, 4) is 0 Å². The molecule has 1 N–H and O–H groups in total. The average molecular weight is 237 g/mol. The first-order valence-corrected chi connectivity index (χ1v) is 6.28. The molecule has 0 amide bonds. The van der Waals surface area contributed by atoms with Gasteiger partial charge in [-0.05, 0) is 23.9 Å². The normalized spacial score (nSPS) is 13.1. The number of ether oxygens (including phenoxy) is 1. The van der Waals surface area contributed by atoms with Gasteiger partial charge in [-0.1, -0.05) is 6.92 Å². The lowest BCUT2D eigenvalue weighted by Gasteiger charge is -2.10. The monoisotopic (exact) mass is 237 g/mol. The summed E-state index contributed by atoms with van der Waals surface area (Å²) in [6.07, 6.45) is 2.11. The van der Waals surface area contributed by atoms with Gasteiger partial charge in [0.2, 0.25) is 0 Å². The van der Waals surface area contributed by atoms with Crippen LogP contribution in [0.3, 0.4) is 0 Å². The third-order valence-corrected chi connectivity index (χ3v) is 3.19. The molecule has 1 unspecified atom stereocenters. The maximum absolute atomic E-state index is 9.88. The van der Waals surface area contributed by atoms with Crippen molar-refractivity contribution in [2.24, 2.45) is 0 Å². The summed E-state index contributed by atoms with van der Waals surface area (Å²) < 4.78 is 6.42. The summed E-state index contributed by atoms with van der Waals surface area (Å²) in [5, 5.41) is 11.9. The Labute approximate surface area is 98.7 Å². The first kappa shape index (κ1) is 11.5. The largest absolute Gasteiger partial charge is 0.386 e. The minimum atomic E-state index is -0.578. The van der Waals surface area contributed by atoms with Crippen molar-refractivity contribution in [1.82, 2.24) is 4.98 Å². The Bertz CT molecular complexity index is 455. The van der Waals surface area contributed by atoms with Crippen LogP contribution in [0.15, 0.2) is 23.7 Å². The van der Waals surface area contributed by atoms with Crippen molar-refractivity contribution in [3.05, 3.63) is 29.3 Å². The van der Waals surface area contributed by atoms with Crippen molar-refractivity contribution in [2.75, 3.05) is 13.2 Å². The molecule has 16 heavy (non-hydrogen) atoms. The Kier molecular flexibility index (Phi) is 3.88. The number of aromatic nitrogens is 1. The highest BCUT2D eigenvalue weighted by Gasteiger charge is 2.09. The van der Waals surface area contributed by atoms with Gasteiger partial charge in [-0.2, -0.15) is 0 Å². The van der Waals surface area contributed by atoms with E-state index in [0.717, 1.165) is 22.2 Å². The molecule has 0 aliphatic heterocycles. The average Bonchev–Trinajstić information content (AvgIpc) is 2.76. The zero-order valence-corrected chi connectivity index (χ0v) is 10.0. The van der Waals surface area contributed by atoms with Gasteiger partial charge in [0.05, 0.1) is 16.8 Å². The summed E-state index contributed by atoms with van der Waals surface area (Å²) >= 11 is 1.63. The molecule has 0 bridgehead atoms. The minimum absolute atomic E-state index is 0.340. The molecule has 0 aromatic carbocycles. The molecular weight excluding hydrogens is 222 g/mol. The molecular formula is C12H15NO2S. The van der Waals surface area contributed by atoms with Gasteiger partial charge in [0.15, 0.2) is 0 Å². The van der Waals surface area contributed by atoms with Crippen molar-refractivity contribution in [1.29, 1.82) is 0 Å². The number of fused-ring (bicyclic) bond motifs is 1. The van der Waals surface area contributed by atoms with E-state index in [0.29, 0.717) is 13.2 Å². The lowest BCUT2D eigenvalue weighted by Crippen LogP contribution is -2.07. The maximum Gasteiger partial charge on any atom is 0.104 e. The summed E-state index contributed by atoms with van der Waals surface area (Å²) in [5.41, 5.74) is 1.81. The summed E-state index contributed by atoms with van der Waals surface area (Å²) in [6.45, 7) is 3.07. The Morgan fingerprint density at radius 3 is 3.25 bits per heavy atom. The van der Waals surface area contributed by atoms with Crippen LogP contribution in [0.25, 0.3) is 10.2 Å². The Morgan fingerprint density at radius 2 is 2.44 bits per heavy atom. The fourth-order valence-electron chi connectivity index (χ4n) is 1.48. The van der Waals surface area contributed by atoms with Crippen molar-refractivity contribution in [3.63, 3.8) is 0 Å². The third kappa shape index (κ3) is 2.58. The van der Waals surface area contributed by atoms with Crippen LogP contribution in [-0.4, -0.2) is 23.3 Å². The summed E-state index contributed by atoms with van der Waals surface area (Å²) in [5.74, 6) is 0. The van der Waals surface area contributed by atoms with Gasteiger partial charge in [0, 0.05) is 18.4 Å². The van der Waals surface area contributed by atoms with Gasteiger partial charge >= 0.3 is 0 Å². The van der Waals surface area contributed by atoms with E-state index in [4.69, 9.17) is 4.74 Å². The number of rotatable bonds is 5. The maximum atomic E-state index is 9.88. The van der Waals surface area contributed by atoms with Crippen LogP contribution in [0.5, 0.6) is 0 Å². The highest BCUT2D eigenvalue weighted by molar-refractivity contribution is 7.17. The second-order valence-electron chi connectivity index (χ2n) is 3.66. The van der Waals surface area contributed by atoms with Gasteiger partial charge in [-0.25, -0.2) is 0 Å². The highest BCUT2D eigenvalue weighted by Crippen LogP contribution is 2.22. The zero-order valence-electron chi connectivity index (χ0n) is 9.22. The number of hydrogen-bond acceptors (Lipinski definition) is 4. The van der Waals surface area contributed by atoms with Gasteiger partial charge in [-0.15, -0.1) is 11.3 Å². The number of aliphatic hydroxyl groups is 1. The smallest absolute Gasteiger partial charge is 0.104 e. The summed E-state index contributed by atoms with van der Waals surface area (Å²) in [6, 6.07) is 3.96. The van der Waals surface area contributed by atoms with E-state index in [1.54, 1.807) is 17.5 Å². The number of thiophene rings is 1. The van der Waals surface area contributed by atoms with E-state index in [2.05, 4.69) is 4.98 Å². The van der Waals surface area contributed by atoms with E-state index < -0.39 is 6.10 Å². The van der Waals surface area contributed by atoms with Crippen molar-refractivity contribution in [2.45, 2.75) is 19.4 Å². The number of hydrogen-bond donors (Lipinski definition) is 1. The van der Waals surface area contributed by atoms with Crippen LogP contribution in [0.4, 0.5) is 0 Å². The van der Waals surface area contributed by atoms with E-state index >= 15 is 0 Å². The topological polar surface area (TPSA) is 42.4 Å². The SMILES string of the molecule is CCCOCC(O)c1cnc2ccsc2c1. The molecule has 0 spiro atoms. The second kappa shape index (κ2) is 5.39. The van der Waals surface area contributed by atoms with Crippen LogP contribution in [-0.2, 0) is 4.74 Å². The molecule has 0 fully saturated rings. The fourth-order valence-corrected chi connectivity index (χ4v) is 2.27. The Morgan fingerprint density at radius 1 is 1.56 bits per heavy atom. The standard InChI is InChI=1S/C12H15NO2S/c1-2-4-15-8-11(14)9-6-12-10(13-7-9)3-5-16-12/h3,5-7,11,14H,2,4,8H2,1H3. The summed E-state index contributed by atoms with van der Waals surface area (Å²) in [7, 11) is 0. The van der Waals surface area contributed by atoms with Gasteiger partial charge < -0.3 is 9.84 Å². The molecule has 2 aromatic rings. The molecule has 0 aliphatic carbocycles. The first-order valence-electron chi connectivity index (χ1n) is 5.40. The van der Waals surface area contributed by atoms with E-state index in [9.17, 15) is 5.11 Å². The Balaban J connectivity index is 2.07. The van der Waals surface area contributed by atoms with E-state index in [1.165, 1.54) is 0 Å². The van der Waals surface area contributed by atoms with Crippen LogP contribution in [0.2, 0.25) is 0 Å². The molecule has 2 aromatic heterocycles. The molecule has 3 nitrogen and oxygen atoms in total. The van der Waals surface area contributed by atoms with Crippen LogP contribution in [0.1, 0.15) is 25.0 Å². The van der Waals surface area contributed by atoms with Crippen molar-refractivity contribution < 1.29 is 9.84 Å². The number of nitrogens with zero attached hydrogens (tertiary/aromatic N) is 1. The number of aliphatic hydroxyl groups excluding tert-OH is 1. The third-order valence-electron chi connectivity index (χ3n) is 2.33. The van der Waals surface area contributed by atoms with E-state index in [-0.39, 0.29) is 0 Å². The molecule has 4 heteroatoms. The molecule has 0 saturated carbocycles. The molecule has 0 aliphatic rings. The van der Waals surface area contributed by atoms with Gasteiger partial charge in [-0.3, -0.25) is 4.98 Å². The quantitative estimate of drug-likeness (QED) is 0.813. The molecule has 0 saturated heterocycles. The highest BCUT2D eigenvalue weighted by atomic mass is 32.1. The fraction of sp³-hybridized carbons (Fsp3) is 0.417. The van der Waals surface area contributed by atoms with E-state index in [1.807, 2.05) is 24.4 Å². The zero-order chi connectivity index (χ0) is 11.4. The first-order chi connectivity index (χ1) is 7.81. The van der Waals surface area contributed by atoms with Crippen LogP contribution >= 0.6 is 11.3 Å². The van der Waals surface area contributed by atoms with Crippen molar-refractivity contribution >= 4 is 21.6 Å².